The molecule has 0 radical (unpaired) electrons. The summed E-state index contributed by atoms with van der Waals surface area (Å²) in [7, 11) is 0. The Hall–Kier alpha value is -1.39. The summed E-state index contributed by atoms with van der Waals surface area (Å²) in [5.41, 5.74) is 0.662. The predicted molar refractivity (Wildman–Crippen MR) is 73.4 cm³/mol. The fourth-order valence-corrected chi connectivity index (χ4v) is 2.19. The molecule has 0 aliphatic carbocycles. The van der Waals surface area contributed by atoms with Crippen LogP contribution in [0.3, 0.4) is 0 Å². The minimum atomic E-state index is 0.0850. The standard InChI is InChI=1S/C13H12Cl2N2O2/c1-2-3-11(18)7-12-16-13(17-19-12)8-4-9(14)6-10(15)5-8/h4-6H,2-3,7H2,1H3. The quantitative estimate of drug-likeness (QED) is 0.838. The number of halogens is 2. The molecule has 1 aromatic heterocycles. The number of Topliss-reactive ketones (excluding diaryl/α,β-unsaturated/α-hetero) is 1. The van der Waals surface area contributed by atoms with E-state index in [1.54, 1.807) is 18.2 Å². The number of benzene rings is 1. The average molecular weight is 299 g/mol. The van der Waals surface area contributed by atoms with Gasteiger partial charge < -0.3 is 4.52 Å². The van der Waals surface area contributed by atoms with Crippen LogP contribution in [0.4, 0.5) is 0 Å². The van der Waals surface area contributed by atoms with Crippen LogP contribution in [0.1, 0.15) is 25.7 Å². The molecular formula is C13H12Cl2N2O2. The lowest BCUT2D eigenvalue weighted by atomic mass is 10.2. The van der Waals surface area contributed by atoms with Crippen molar-refractivity contribution >= 4 is 29.0 Å². The first-order valence-corrected chi connectivity index (χ1v) is 6.65. The highest BCUT2D eigenvalue weighted by atomic mass is 35.5. The van der Waals surface area contributed by atoms with E-state index in [0.29, 0.717) is 33.7 Å². The summed E-state index contributed by atoms with van der Waals surface area (Å²) in [4.78, 5) is 15.7. The molecule has 0 unspecified atom stereocenters. The number of ketones is 1. The van der Waals surface area contributed by atoms with Crippen LogP contribution in [-0.4, -0.2) is 15.9 Å². The molecule has 0 bridgehead atoms. The first-order chi connectivity index (χ1) is 9.08. The molecule has 0 N–H and O–H groups in total. The minimum Gasteiger partial charge on any atom is -0.339 e. The van der Waals surface area contributed by atoms with E-state index in [4.69, 9.17) is 27.7 Å². The van der Waals surface area contributed by atoms with Crippen molar-refractivity contribution in [1.82, 2.24) is 10.1 Å². The minimum absolute atomic E-state index is 0.0850. The highest BCUT2D eigenvalue weighted by Gasteiger charge is 2.12. The Bertz CT molecular complexity index is 576. The van der Waals surface area contributed by atoms with Gasteiger partial charge in [-0.25, -0.2) is 0 Å². The van der Waals surface area contributed by atoms with Gasteiger partial charge in [-0.3, -0.25) is 4.79 Å². The van der Waals surface area contributed by atoms with Gasteiger partial charge in [0.05, 0.1) is 6.42 Å². The van der Waals surface area contributed by atoms with Gasteiger partial charge in [-0.05, 0) is 24.6 Å². The second-order valence-electron chi connectivity index (χ2n) is 4.14. The summed E-state index contributed by atoms with van der Waals surface area (Å²) in [5.74, 6) is 0.773. The highest BCUT2D eigenvalue weighted by molar-refractivity contribution is 6.35. The largest absolute Gasteiger partial charge is 0.339 e. The molecule has 19 heavy (non-hydrogen) atoms. The Kier molecular flexibility index (Phi) is 4.56. The number of hydrogen-bond donors (Lipinski definition) is 0. The second-order valence-corrected chi connectivity index (χ2v) is 5.01. The Balaban J connectivity index is 2.18. The zero-order chi connectivity index (χ0) is 13.8. The first-order valence-electron chi connectivity index (χ1n) is 5.89. The summed E-state index contributed by atoms with van der Waals surface area (Å²) in [6, 6.07) is 5.00. The monoisotopic (exact) mass is 298 g/mol. The Labute approximate surface area is 120 Å². The maximum absolute atomic E-state index is 11.5. The molecule has 100 valence electrons. The Morgan fingerprint density at radius 2 is 1.95 bits per heavy atom. The molecule has 0 aliphatic rings. The van der Waals surface area contributed by atoms with E-state index in [1.165, 1.54) is 0 Å². The summed E-state index contributed by atoms with van der Waals surface area (Å²) < 4.78 is 5.05. The lowest BCUT2D eigenvalue weighted by molar-refractivity contribution is -0.118. The van der Waals surface area contributed by atoms with Crippen LogP contribution in [0, 0.1) is 0 Å². The van der Waals surface area contributed by atoms with Crippen molar-refractivity contribution < 1.29 is 9.32 Å². The lowest BCUT2D eigenvalue weighted by Gasteiger charge is -1.97. The molecule has 1 aromatic carbocycles. The second kappa shape index (κ2) is 6.17. The normalized spacial score (nSPS) is 10.7. The van der Waals surface area contributed by atoms with E-state index in [1.807, 2.05) is 6.92 Å². The summed E-state index contributed by atoms with van der Waals surface area (Å²) in [6.07, 6.45) is 1.49. The van der Waals surface area contributed by atoms with Gasteiger partial charge in [-0.1, -0.05) is 35.3 Å². The van der Waals surface area contributed by atoms with Crippen molar-refractivity contribution in [2.75, 3.05) is 0 Å². The van der Waals surface area contributed by atoms with Crippen molar-refractivity contribution in [2.45, 2.75) is 26.2 Å². The van der Waals surface area contributed by atoms with Gasteiger partial charge >= 0.3 is 0 Å². The van der Waals surface area contributed by atoms with Gasteiger partial charge in [0.2, 0.25) is 11.7 Å². The topological polar surface area (TPSA) is 56.0 Å². The maximum Gasteiger partial charge on any atom is 0.234 e. The van der Waals surface area contributed by atoms with Crippen LogP contribution in [0.5, 0.6) is 0 Å². The number of hydrogen-bond acceptors (Lipinski definition) is 4. The zero-order valence-electron chi connectivity index (χ0n) is 10.3. The molecule has 4 nitrogen and oxygen atoms in total. The van der Waals surface area contributed by atoms with Gasteiger partial charge in [0, 0.05) is 22.0 Å². The average Bonchev–Trinajstić information content (AvgIpc) is 2.76. The third-order valence-electron chi connectivity index (χ3n) is 2.47. The van der Waals surface area contributed by atoms with E-state index < -0.39 is 0 Å². The van der Waals surface area contributed by atoms with Crippen LogP contribution < -0.4 is 0 Å². The predicted octanol–water partition coefficient (Wildman–Crippen LogP) is 3.96. The van der Waals surface area contributed by atoms with E-state index in [9.17, 15) is 4.79 Å². The summed E-state index contributed by atoms with van der Waals surface area (Å²) >= 11 is 11.8. The van der Waals surface area contributed by atoms with Crippen molar-refractivity contribution in [3.63, 3.8) is 0 Å². The Morgan fingerprint density at radius 1 is 1.26 bits per heavy atom. The molecule has 0 aliphatic heterocycles. The van der Waals surface area contributed by atoms with Crippen molar-refractivity contribution in [1.29, 1.82) is 0 Å². The van der Waals surface area contributed by atoms with Gasteiger partial charge in [-0.2, -0.15) is 4.98 Å². The number of carbonyl (C=O) groups excluding carboxylic acids is 1. The molecule has 6 heteroatoms. The molecule has 2 rings (SSSR count). The van der Waals surface area contributed by atoms with E-state index in [0.717, 1.165) is 6.42 Å². The van der Waals surface area contributed by atoms with Gasteiger partial charge in [0.1, 0.15) is 5.78 Å². The van der Waals surface area contributed by atoms with Crippen LogP contribution in [-0.2, 0) is 11.2 Å². The molecule has 2 aromatic rings. The van der Waals surface area contributed by atoms with Crippen LogP contribution >= 0.6 is 23.2 Å². The van der Waals surface area contributed by atoms with E-state index in [-0.39, 0.29) is 12.2 Å². The molecule has 0 atom stereocenters. The van der Waals surface area contributed by atoms with Gasteiger partial charge in [0.25, 0.3) is 0 Å². The van der Waals surface area contributed by atoms with Crippen LogP contribution in [0.15, 0.2) is 22.7 Å². The lowest BCUT2D eigenvalue weighted by Crippen LogP contribution is -2.01. The molecule has 0 saturated carbocycles. The number of rotatable bonds is 5. The van der Waals surface area contributed by atoms with Gasteiger partial charge in [0.15, 0.2) is 0 Å². The molecule has 1 heterocycles. The molecule has 0 amide bonds. The number of nitrogens with zero attached hydrogens (tertiary/aromatic N) is 2. The van der Waals surface area contributed by atoms with E-state index >= 15 is 0 Å². The van der Waals surface area contributed by atoms with Crippen molar-refractivity contribution in [3.8, 4) is 11.4 Å². The third-order valence-corrected chi connectivity index (χ3v) is 2.90. The SMILES string of the molecule is CCCC(=O)Cc1nc(-c2cc(Cl)cc(Cl)c2)no1. The third kappa shape index (κ3) is 3.78. The molecule has 0 spiro atoms. The maximum atomic E-state index is 11.5. The fourth-order valence-electron chi connectivity index (χ4n) is 1.66. The highest BCUT2D eigenvalue weighted by Crippen LogP contribution is 2.25. The number of carbonyl (C=O) groups is 1. The first kappa shape index (κ1) is 14.0. The fraction of sp³-hybridized carbons (Fsp3) is 0.308. The van der Waals surface area contributed by atoms with Crippen LogP contribution in [0.2, 0.25) is 10.0 Å². The van der Waals surface area contributed by atoms with Gasteiger partial charge in [-0.15, -0.1) is 0 Å². The summed E-state index contributed by atoms with van der Waals surface area (Å²) in [6.45, 7) is 1.95. The van der Waals surface area contributed by atoms with E-state index in [2.05, 4.69) is 10.1 Å². The zero-order valence-corrected chi connectivity index (χ0v) is 11.8. The Morgan fingerprint density at radius 3 is 2.58 bits per heavy atom. The van der Waals surface area contributed by atoms with Crippen molar-refractivity contribution in [2.24, 2.45) is 0 Å². The molecular weight excluding hydrogens is 287 g/mol. The summed E-state index contributed by atoms with van der Waals surface area (Å²) in [5, 5.41) is 4.82. The van der Waals surface area contributed by atoms with Crippen LogP contribution in [0.25, 0.3) is 11.4 Å². The number of aromatic nitrogens is 2. The van der Waals surface area contributed by atoms with Crippen molar-refractivity contribution in [3.05, 3.63) is 34.1 Å². The molecule has 0 saturated heterocycles. The molecule has 0 fully saturated rings. The smallest absolute Gasteiger partial charge is 0.234 e.